The van der Waals surface area contributed by atoms with Crippen molar-refractivity contribution in [3.05, 3.63) is 95.6 Å². The van der Waals surface area contributed by atoms with Gasteiger partial charge in [0, 0.05) is 17.7 Å². The summed E-state index contributed by atoms with van der Waals surface area (Å²) in [5, 5.41) is 1.59. The van der Waals surface area contributed by atoms with Crippen LogP contribution in [0.1, 0.15) is 30.5 Å². The lowest BCUT2D eigenvalue weighted by Crippen LogP contribution is -2.09. The first-order valence-corrected chi connectivity index (χ1v) is 15.5. The summed E-state index contributed by atoms with van der Waals surface area (Å²) in [6.45, 7) is 2.25. The summed E-state index contributed by atoms with van der Waals surface area (Å²) in [6, 6.07) is 16.7. The van der Waals surface area contributed by atoms with E-state index in [1.54, 1.807) is 36.3 Å². The Labute approximate surface area is 232 Å². The molecule has 38 heavy (non-hydrogen) atoms. The van der Waals surface area contributed by atoms with Gasteiger partial charge in [0.1, 0.15) is 18.1 Å². The van der Waals surface area contributed by atoms with Gasteiger partial charge < -0.3 is 4.74 Å². The average Bonchev–Trinajstić information content (AvgIpc) is 3.22. The van der Waals surface area contributed by atoms with Crippen LogP contribution in [0.5, 0.6) is 5.75 Å². The van der Waals surface area contributed by atoms with Crippen molar-refractivity contribution in [3.8, 4) is 22.6 Å². The van der Waals surface area contributed by atoms with Crippen LogP contribution in [0, 0.1) is 6.92 Å². The second-order valence-electron chi connectivity index (χ2n) is 9.26. The molecule has 9 heteroatoms. The van der Waals surface area contributed by atoms with Gasteiger partial charge in [-0.3, -0.25) is 9.55 Å². The molecule has 1 aliphatic carbocycles. The zero-order valence-electron chi connectivity index (χ0n) is 21.2. The highest BCUT2D eigenvalue weighted by atomic mass is 35.5. The summed E-state index contributed by atoms with van der Waals surface area (Å²) in [7, 11) is -3.23. The molecule has 0 fully saturated rings. The minimum atomic E-state index is -3.23. The van der Waals surface area contributed by atoms with E-state index in [-0.39, 0.29) is 6.61 Å². The number of imidazole rings is 1. The van der Waals surface area contributed by atoms with E-state index >= 15 is 0 Å². The molecule has 4 aromatic rings. The van der Waals surface area contributed by atoms with Gasteiger partial charge >= 0.3 is 0 Å². The fourth-order valence-corrected chi connectivity index (χ4v) is 6.57. The first-order valence-electron chi connectivity index (χ1n) is 12.3. The number of rotatable bonds is 8. The van der Waals surface area contributed by atoms with Crippen LogP contribution in [-0.4, -0.2) is 34.5 Å². The molecule has 196 valence electrons. The number of allylic oxidation sites excluding steroid dienone is 1. The van der Waals surface area contributed by atoms with E-state index in [1.165, 1.54) is 12.7 Å². The molecule has 0 amide bonds. The lowest BCUT2D eigenvalue weighted by molar-refractivity contribution is 0.298. The first kappa shape index (κ1) is 26.5. The van der Waals surface area contributed by atoms with Crippen molar-refractivity contribution in [2.45, 2.75) is 48.1 Å². The maximum atomic E-state index is 11.8. The maximum Gasteiger partial charge on any atom is 0.175 e. The number of aromatic nitrogens is 3. The number of ether oxygens (including phenoxy) is 1. The van der Waals surface area contributed by atoms with Crippen LogP contribution in [0.25, 0.3) is 16.8 Å². The molecular formula is C29H28ClN3O3S2. The Morgan fingerprint density at radius 1 is 1.16 bits per heavy atom. The average molecular weight is 566 g/mol. The number of aryl methyl sites for hydroxylation is 1. The van der Waals surface area contributed by atoms with Crippen molar-refractivity contribution in [2.75, 3.05) is 6.26 Å². The summed E-state index contributed by atoms with van der Waals surface area (Å²) >= 11 is 8.37. The highest BCUT2D eigenvalue weighted by Crippen LogP contribution is 2.35. The van der Waals surface area contributed by atoms with E-state index in [0.717, 1.165) is 46.1 Å². The van der Waals surface area contributed by atoms with Crippen LogP contribution in [-0.2, 0) is 16.4 Å². The van der Waals surface area contributed by atoms with Crippen molar-refractivity contribution in [3.63, 3.8) is 0 Å². The summed E-state index contributed by atoms with van der Waals surface area (Å²) in [4.78, 5) is 9.30. The Morgan fingerprint density at radius 3 is 2.63 bits per heavy atom. The molecule has 2 heterocycles. The Hall–Kier alpha value is -3.07. The predicted molar refractivity (Wildman–Crippen MR) is 153 cm³/mol. The third-order valence-electron chi connectivity index (χ3n) is 6.43. The molecule has 0 saturated carbocycles. The SMILES string of the molecule is Cc1cc(OCc2c(Cl)nc(SC3C=CCCC3)n2-c2cccnc2)ccc1-c1ccc(S(C)(=O)=O)cc1. The lowest BCUT2D eigenvalue weighted by Gasteiger charge is -2.17. The van der Waals surface area contributed by atoms with Crippen LogP contribution < -0.4 is 4.74 Å². The summed E-state index contributed by atoms with van der Waals surface area (Å²) < 4.78 is 31.8. The molecular weight excluding hydrogens is 538 g/mol. The number of halogens is 1. The second-order valence-corrected chi connectivity index (χ2v) is 12.8. The van der Waals surface area contributed by atoms with Crippen LogP contribution in [0.2, 0.25) is 5.15 Å². The number of nitrogens with zero attached hydrogens (tertiary/aromatic N) is 3. The van der Waals surface area contributed by atoms with Crippen molar-refractivity contribution in [2.24, 2.45) is 0 Å². The first-order chi connectivity index (χ1) is 18.3. The molecule has 0 bridgehead atoms. The van der Waals surface area contributed by atoms with Gasteiger partial charge in [-0.15, -0.1) is 0 Å². The topological polar surface area (TPSA) is 74.1 Å². The monoisotopic (exact) mass is 565 g/mol. The van der Waals surface area contributed by atoms with Gasteiger partial charge in [0.15, 0.2) is 20.1 Å². The van der Waals surface area contributed by atoms with Crippen molar-refractivity contribution in [1.29, 1.82) is 0 Å². The quantitative estimate of drug-likeness (QED) is 0.212. The predicted octanol–water partition coefficient (Wildman–Crippen LogP) is 7.08. The molecule has 2 aromatic carbocycles. The maximum absolute atomic E-state index is 11.8. The number of hydrogen-bond donors (Lipinski definition) is 0. The number of benzene rings is 2. The number of hydrogen-bond acceptors (Lipinski definition) is 6. The van der Waals surface area contributed by atoms with E-state index in [2.05, 4.69) is 17.1 Å². The summed E-state index contributed by atoms with van der Waals surface area (Å²) in [6.07, 6.45) is 12.6. The highest BCUT2D eigenvalue weighted by Gasteiger charge is 2.22. The minimum Gasteiger partial charge on any atom is -0.487 e. The number of sulfone groups is 1. The number of pyridine rings is 1. The Morgan fingerprint density at radius 2 is 1.97 bits per heavy atom. The summed E-state index contributed by atoms with van der Waals surface area (Å²) in [5.41, 5.74) is 4.62. The van der Waals surface area contributed by atoms with Crippen LogP contribution >= 0.6 is 23.4 Å². The molecule has 0 spiro atoms. The van der Waals surface area contributed by atoms with Gasteiger partial charge in [0.05, 0.1) is 16.8 Å². The van der Waals surface area contributed by atoms with Crippen LogP contribution in [0.3, 0.4) is 0 Å². The fraction of sp³-hybridized carbons (Fsp3) is 0.241. The molecule has 6 nitrogen and oxygen atoms in total. The summed E-state index contributed by atoms with van der Waals surface area (Å²) in [5.74, 6) is 0.707. The molecule has 0 saturated heterocycles. The van der Waals surface area contributed by atoms with E-state index in [0.29, 0.717) is 21.0 Å². The molecule has 1 unspecified atom stereocenters. The van der Waals surface area contributed by atoms with E-state index in [4.69, 9.17) is 21.3 Å². The van der Waals surface area contributed by atoms with Gasteiger partial charge in [-0.25, -0.2) is 13.4 Å². The van der Waals surface area contributed by atoms with Crippen LogP contribution in [0.15, 0.2) is 89.2 Å². The Bertz CT molecular complexity index is 1570. The highest BCUT2D eigenvalue weighted by molar-refractivity contribution is 8.00. The molecule has 0 aliphatic heterocycles. The van der Waals surface area contributed by atoms with Crippen molar-refractivity contribution < 1.29 is 13.2 Å². The van der Waals surface area contributed by atoms with Gasteiger partial charge in [-0.1, -0.05) is 53.7 Å². The molecule has 5 rings (SSSR count). The third-order valence-corrected chi connectivity index (χ3v) is 9.04. The zero-order valence-corrected chi connectivity index (χ0v) is 23.6. The molecule has 1 atom stereocenters. The standard InChI is InChI=1S/C29H28ClN3O3S2/c1-20-17-23(12-15-26(20)21-10-13-25(14-11-21)38(2,34)35)36-19-27-28(30)32-29(37-24-8-4-3-5-9-24)33(27)22-7-6-16-31-18-22/h4,6-8,10-18,24H,3,5,9,19H2,1-2H3. The minimum absolute atomic E-state index is 0.240. The van der Waals surface area contributed by atoms with E-state index < -0.39 is 9.84 Å². The second kappa shape index (κ2) is 11.4. The lowest BCUT2D eigenvalue weighted by atomic mass is 10.0. The Kier molecular flexibility index (Phi) is 7.93. The van der Waals surface area contributed by atoms with Gasteiger partial charge in [0.25, 0.3) is 0 Å². The molecule has 2 aromatic heterocycles. The third kappa shape index (κ3) is 5.98. The van der Waals surface area contributed by atoms with Crippen LogP contribution in [0.4, 0.5) is 0 Å². The molecule has 1 aliphatic rings. The van der Waals surface area contributed by atoms with Gasteiger partial charge in [-0.2, -0.15) is 0 Å². The molecule has 0 N–H and O–H groups in total. The van der Waals surface area contributed by atoms with Crippen molar-refractivity contribution >= 4 is 33.2 Å². The molecule has 0 radical (unpaired) electrons. The largest absolute Gasteiger partial charge is 0.487 e. The fourth-order valence-electron chi connectivity index (χ4n) is 4.46. The van der Waals surface area contributed by atoms with Gasteiger partial charge in [0.2, 0.25) is 0 Å². The Balaban J connectivity index is 1.39. The van der Waals surface area contributed by atoms with E-state index in [9.17, 15) is 8.42 Å². The van der Waals surface area contributed by atoms with E-state index in [1.807, 2.05) is 54.0 Å². The zero-order chi connectivity index (χ0) is 26.7. The van der Waals surface area contributed by atoms with Crippen molar-refractivity contribution in [1.82, 2.24) is 14.5 Å². The van der Waals surface area contributed by atoms with Gasteiger partial charge in [-0.05, 0) is 79.3 Å². The number of thioether (sulfide) groups is 1. The smallest absolute Gasteiger partial charge is 0.175 e. The normalized spacial score (nSPS) is 15.5.